The summed E-state index contributed by atoms with van der Waals surface area (Å²) in [4.78, 5) is 42.8. The summed E-state index contributed by atoms with van der Waals surface area (Å²) in [7, 11) is 1.60. The van der Waals surface area contributed by atoms with Crippen LogP contribution in [0.5, 0.6) is 0 Å². The number of likely N-dealkylation sites (N-methyl/N-ethyl adjacent to an activating group) is 1. The molecular formula is C13H20N4O4S. The lowest BCUT2D eigenvalue weighted by molar-refractivity contribution is -0.127. The zero-order valence-electron chi connectivity index (χ0n) is 12.9. The first-order valence-electron chi connectivity index (χ1n) is 7.07. The molecule has 3 amide bonds. The van der Waals surface area contributed by atoms with Crippen molar-refractivity contribution in [2.24, 2.45) is 4.99 Å². The predicted molar refractivity (Wildman–Crippen MR) is 82.7 cm³/mol. The van der Waals surface area contributed by atoms with Crippen LogP contribution in [-0.2, 0) is 14.3 Å². The summed E-state index contributed by atoms with van der Waals surface area (Å²) in [6, 6.07) is -1.03. The van der Waals surface area contributed by atoms with E-state index in [1.165, 1.54) is 23.6 Å². The van der Waals surface area contributed by atoms with E-state index in [0.29, 0.717) is 24.9 Å². The van der Waals surface area contributed by atoms with Crippen molar-refractivity contribution in [2.75, 3.05) is 32.6 Å². The van der Waals surface area contributed by atoms with E-state index in [2.05, 4.69) is 10.3 Å². The molecule has 2 heterocycles. The summed E-state index contributed by atoms with van der Waals surface area (Å²) in [6.45, 7) is 4.91. The monoisotopic (exact) mass is 328 g/mol. The number of nitrogens with zero attached hydrogens (tertiary/aromatic N) is 3. The van der Waals surface area contributed by atoms with Gasteiger partial charge in [0.15, 0.2) is 17.4 Å². The zero-order valence-corrected chi connectivity index (χ0v) is 13.7. The van der Waals surface area contributed by atoms with Crippen molar-refractivity contribution in [3.8, 4) is 0 Å². The van der Waals surface area contributed by atoms with Gasteiger partial charge in [0, 0.05) is 20.2 Å². The van der Waals surface area contributed by atoms with Gasteiger partial charge in [0.1, 0.15) is 5.78 Å². The lowest BCUT2D eigenvalue weighted by Crippen LogP contribution is -2.63. The number of urea groups is 1. The Bertz CT molecular complexity index is 510. The van der Waals surface area contributed by atoms with E-state index in [1.807, 2.05) is 11.8 Å². The normalized spacial score (nSPS) is 24.2. The summed E-state index contributed by atoms with van der Waals surface area (Å²) in [5.74, 6) is -0.0594. The molecule has 2 aliphatic rings. The summed E-state index contributed by atoms with van der Waals surface area (Å²) in [6.07, 6.45) is -0.558. The van der Waals surface area contributed by atoms with Gasteiger partial charge in [-0.05, 0) is 13.8 Å². The number of thioether (sulfide) groups is 1. The number of nitrogens with one attached hydrogen (secondary N) is 1. The molecule has 9 heteroatoms. The average molecular weight is 328 g/mol. The Kier molecular flexibility index (Phi) is 5.41. The SMILES string of the molecule is CCOCCN1C(SCC(C)=O)=NC2C1C(=O)NC(=O)N2C. The molecule has 22 heavy (non-hydrogen) atoms. The zero-order chi connectivity index (χ0) is 16.3. The topological polar surface area (TPSA) is 91.3 Å². The third-order valence-electron chi connectivity index (χ3n) is 3.41. The number of ketones is 1. The van der Waals surface area contributed by atoms with Crippen LogP contribution < -0.4 is 5.32 Å². The molecule has 2 unspecified atom stereocenters. The number of Topliss-reactive ketones (excluding diaryl/α,β-unsaturated/α-hetero) is 1. The summed E-state index contributed by atoms with van der Waals surface area (Å²) < 4.78 is 5.35. The maximum absolute atomic E-state index is 12.2. The van der Waals surface area contributed by atoms with Crippen LogP contribution in [-0.4, -0.2) is 77.5 Å². The molecule has 0 aromatic rings. The Morgan fingerprint density at radius 1 is 1.45 bits per heavy atom. The molecule has 122 valence electrons. The first-order chi connectivity index (χ1) is 10.5. The standard InChI is InChI=1S/C13H20N4O4S/c1-4-21-6-5-17-9-10(14-13(17)22-7-8(2)18)16(3)12(20)15-11(9)19/h9-10H,4-7H2,1-3H3,(H,15,19,20). The maximum atomic E-state index is 12.2. The van der Waals surface area contributed by atoms with Gasteiger partial charge < -0.3 is 14.5 Å². The van der Waals surface area contributed by atoms with Crippen molar-refractivity contribution in [2.45, 2.75) is 26.1 Å². The first kappa shape index (κ1) is 16.8. The van der Waals surface area contributed by atoms with Crippen molar-refractivity contribution in [3.63, 3.8) is 0 Å². The Labute approximate surface area is 133 Å². The molecule has 2 atom stereocenters. The Morgan fingerprint density at radius 3 is 2.82 bits per heavy atom. The Hall–Kier alpha value is -1.61. The predicted octanol–water partition coefficient (Wildman–Crippen LogP) is -0.107. The molecular weight excluding hydrogens is 308 g/mol. The van der Waals surface area contributed by atoms with Gasteiger partial charge in [-0.1, -0.05) is 11.8 Å². The van der Waals surface area contributed by atoms with Crippen molar-refractivity contribution in [1.82, 2.24) is 15.1 Å². The van der Waals surface area contributed by atoms with E-state index in [0.717, 1.165) is 0 Å². The fourth-order valence-corrected chi connectivity index (χ4v) is 3.21. The van der Waals surface area contributed by atoms with Crippen molar-refractivity contribution in [3.05, 3.63) is 0 Å². The molecule has 1 saturated heterocycles. The Morgan fingerprint density at radius 2 is 2.18 bits per heavy atom. The minimum atomic E-state index is -0.572. The quantitative estimate of drug-likeness (QED) is 0.684. The minimum Gasteiger partial charge on any atom is -0.380 e. The highest BCUT2D eigenvalue weighted by molar-refractivity contribution is 8.14. The number of carbonyl (C=O) groups is 3. The number of fused-ring (bicyclic) bond motifs is 1. The highest BCUT2D eigenvalue weighted by atomic mass is 32.2. The van der Waals surface area contributed by atoms with Crippen LogP contribution in [0.25, 0.3) is 0 Å². The fraction of sp³-hybridized carbons (Fsp3) is 0.692. The highest BCUT2D eigenvalue weighted by Crippen LogP contribution is 2.28. The van der Waals surface area contributed by atoms with E-state index >= 15 is 0 Å². The first-order valence-corrected chi connectivity index (χ1v) is 8.06. The highest BCUT2D eigenvalue weighted by Gasteiger charge is 2.48. The number of imide groups is 1. The molecule has 0 bridgehead atoms. The fourth-order valence-electron chi connectivity index (χ4n) is 2.33. The van der Waals surface area contributed by atoms with Crippen LogP contribution in [0.3, 0.4) is 0 Å². The number of aliphatic imine (C=N–C) groups is 1. The van der Waals surface area contributed by atoms with Gasteiger partial charge >= 0.3 is 6.03 Å². The van der Waals surface area contributed by atoms with Crippen LogP contribution in [0.15, 0.2) is 4.99 Å². The molecule has 0 aromatic carbocycles. The van der Waals surface area contributed by atoms with Gasteiger partial charge in [0.25, 0.3) is 5.91 Å². The second-order valence-electron chi connectivity index (χ2n) is 5.06. The molecule has 0 spiro atoms. The summed E-state index contributed by atoms with van der Waals surface area (Å²) in [5, 5.41) is 2.92. The third-order valence-corrected chi connectivity index (χ3v) is 4.56. The minimum absolute atomic E-state index is 0.0289. The van der Waals surface area contributed by atoms with Gasteiger partial charge in [-0.2, -0.15) is 0 Å². The van der Waals surface area contributed by atoms with Crippen molar-refractivity contribution in [1.29, 1.82) is 0 Å². The summed E-state index contributed by atoms with van der Waals surface area (Å²) >= 11 is 1.28. The second kappa shape index (κ2) is 7.10. The molecule has 0 aliphatic carbocycles. The van der Waals surface area contributed by atoms with Crippen LogP contribution in [0.2, 0.25) is 0 Å². The molecule has 1 fully saturated rings. The van der Waals surface area contributed by atoms with Gasteiger partial charge in [-0.3, -0.25) is 14.9 Å². The lowest BCUT2D eigenvalue weighted by atomic mass is 10.1. The number of amidine groups is 1. The number of hydrogen-bond acceptors (Lipinski definition) is 7. The van der Waals surface area contributed by atoms with Gasteiger partial charge in [-0.25, -0.2) is 9.79 Å². The molecule has 2 aliphatic heterocycles. The maximum Gasteiger partial charge on any atom is 0.325 e. The largest absolute Gasteiger partial charge is 0.380 e. The van der Waals surface area contributed by atoms with Crippen LogP contribution in [0.4, 0.5) is 4.79 Å². The number of amides is 3. The molecule has 0 saturated carbocycles. The van der Waals surface area contributed by atoms with Crippen molar-refractivity contribution < 1.29 is 19.1 Å². The van der Waals surface area contributed by atoms with Gasteiger partial charge in [0.2, 0.25) is 0 Å². The van der Waals surface area contributed by atoms with Crippen LogP contribution in [0.1, 0.15) is 13.8 Å². The van der Waals surface area contributed by atoms with E-state index in [9.17, 15) is 14.4 Å². The molecule has 1 N–H and O–H groups in total. The molecule has 0 radical (unpaired) electrons. The smallest absolute Gasteiger partial charge is 0.325 e. The number of rotatable bonds is 6. The van der Waals surface area contributed by atoms with E-state index in [1.54, 1.807) is 7.05 Å². The molecule has 8 nitrogen and oxygen atoms in total. The van der Waals surface area contributed by atoms with E-state index in [-0.39, 0.29) is 17.4 Å². The molecule has 2 rings (SSSR count). The van der Waals surface area contributed by atoms with Crippen LogP contribution >= 0.6 is 11.8 Å². The van der Waals surface area contributed by atoms with E-state index in [4.69, 9.17) is 4.74 Å². The number of ether oxygens (including phenoxy) is 1. The number of hydrogen-bond donors (Lipinski definition) is 1. The summed E-state index contributed by atoms with van der Waals surface area (Å²) in [5.41, 5.74) is 0. The Balaban J connectivity index is 2.18. The van der Waals surface area contributed by atoms with Crippen molar-refractivity contribution >= 4 is 34.7 Å². The third kappa shape index (κ3) is 3.41. The lowest BCUT2D eigenvalue weighted by Gasteiger charge is -2.36. The number of carbonyl (C=O) groups excluding carboxylic acids is 3. The van der Waals surface area contributed by atoms with Gasteiger partial charge in [0.05, 0.1) is 12.4 Å². The van der Waals surface area contributed by atoms with Gasteiger partial charge in [-0.15, -0.1) is 0 Å². The average Bonchev–Trinajstić information content (AvgIpc) is 2.82. The second-order valence-corrected chi connectivity index (χ2v) is 6.00. The van der Waals surface area contributed by atoms with Crippen LogP contribution in [0, 0.1) is 0 Å². The van der Waals surface area contributed by atoms with E-state index < -0.39 is 18.2 Å². The molecule has 0 aromatic heterocycles.